The van der Waals surface area contributed by atoms with Crippen LogP contribution in [0.15, 0.2) is 101 Å². The van der Waals surface area contributed by atoms with Crippen LogP contribution in [0.1, 0.15) is 35.3 Å². The molecule has 0 atom stereocenters. The van der Waals surface area contributed by atoms with Crippen LogP contribution in [0.4, 0.5) is 36.7 Å². The number of hydrogen-bond donors (Lipinski definition) is 2. The van der Waals surface area contributed by atoms with Gasteiger partial charge in [0.15, 0.2) is 0 Å². The summed E-state index contributed by atoms with van der Waals surface area (Å²) in [6.07, 6.45) is 0.0773. The van der Waals surface area contributed by atoms with E-state index in [0.29, 0.717) is 34.9 Å². The number of furan rings is 1. The Balaban J connectivity index is 1.17. The molecule has 0 saturated carbocycles. The van der Waals surface area contributed by atoms with Crippen molar-refractivity contribution in [3.8, 4) is 11.3 Å². The van der Waals surface area contributed by atoms with Crippen molar-refractivity contribution in [2.24, 2.45) is 11.0 Å². The van der Waals surface area contributed by atoms with E-state index in [4.69, 9.17) is 9.40 Å². The summed E-state index contributed by atoms with van der Waals surface area (Å²) in [6.45, 7) is 3.66. The third-order valence-corrected chi connectivity index (χ3v) is 7.65. The average Bonchev–Trinajstić information content (AvgIpc) is 3.52. The molecular formula is C34H32F3N7O. The van der Waals surface area contributed by atoms with Gasteiger partial charge >= 0.3 is 6.18 Å². The zero-order valence-electron chi connectivity index (χ0n) is 24.6. The summed E-state index contributed by atoms with van der Waals surface area (Å²) in [7, 11) is 0. The first kappa shape index (κ1) is 29.9. The fraction of sp³-hybridized carbons (Fsp3) is 0.235. The Bertz CT molecular complexity index is 1750. The van der Waals surface area contributed by atoms with Crippen molar-refractivity contribution in [2.75, 3.05) is 28.7 Å². The van der Waals surface area contributed by atoms with Gasteiger partial charge in [0.1, 0.15) is 11.5 Å². The van der Waals surface area contributed by atoms with Gasteiger partial charge in [0.2, 0.25) is 17.8 Å². The first-order chi connectivity index (χ1) is 21.8. The predicted octanol–water partition coefficient (Wildman–Crippen LogP) is 8.11. The third kappa shape index (κ3) is 7.86. The number of nitrogens with one attached hydrogen (secondary N) is 2. The number of anilines is 4. The van der Waals surface area contributed by atoms with E-state index >= 15 is 0 Å². The Kier molecular flexibility index (Phi) is 8.77. The molecule has 0 amide bonds. The molecule has 3 aromatic carbocycles. The number of aromatic nitrogens is 3. The fourth-order valence-corrected chi connectivity index (χ4v) is 5.24. The van der Waals surface area contributed by atoms with Crippen LogP contribution in [0.3, 0.4) is 0 Å². The summed E-state index contributed by atoms with van der Waals surface area (Å²) in [5.41, 5.74) is 5.77. The van der Waals surface area contributed by atoms with E-state index in [1.807, 2.05) is 37.3 Å². The van der Waals surface area contributed by atoms with Crippen molar-refractivity contribution >= 4 is 29.7 Å². The fourth-order valence-electron chi connectivity index (χ4n) is 5.24. The van der Waals surface area contributed by atoms with Gasteiger partial charge < -0.3 is 14.6 Å². The molecular weight excluding hydrogens is 579 g/mol. The lowest BCUT2D eigenvalue weighted by molar-refractivity contribution is -0.137. The maximum Gasteiger partial charge on any atom is 0.416 e. The van der Waals surface area contributed by atoms with Crippen LogP contribution in [0.25, 0.3) is 11.3 Å². The van der Waals surface area contributed by atoms with Gasteiger partial charge in [0, 0.05) is 24.3 Å². The van der Waals surface area contributed by atoms with Crippen LogP contribution in [-0.4, -0.2) is 34.3 Å². The van der Waals surface area contributed by atoms with Crippen LogP contribution >= 0.6 is 0 Å². The molecule has 1 aliphatic heterocycles. The molecule has 1 fully saturated rings. The molecule has 1 saturated heterocycles. The van der Waals surface area contributed by atoms with Gasteiger partial charge in [-0.2, -0.15) is 33.2 Å². The summed E-state index contributed by atoms with van der Waals surface area (Å²) in [4.78, 5) is 16.0. The minimum Gasteiger partial charge on any atom is -0.455 e. The number of aryl methyl sites for hydroxylation is 1. The summed E-state index contributed by atoms with van der Waals surface area (Å²) >= 11 is 0. The first-order valence-corrected chi connectivity index (χ1v) is 14.7. The molecule has 2 aromatic heterocycles. The highest BCUT2D eigenvalue weighted by molar-refractivity contribution is 5.78. The summed E-state index contributed by atoms with van der Waals surface area (Å²) in [6, 6.07) is 26.7. The molecule has 5 aromatic rings. The maximum atomic E-state index is 13.1. The SMILES string of the molecule is Cc1ccc(Nc2nc(N/N=C\c3ccc(-c4cccc(C(F)(F)F)c4)o3)nc(N3CCC(Cc4ccccc4)CC3)n2)cc1. The molecule has 0 spiro atoms. The molecule has 0 aliphatic carbocycles. The molecule has 11 heteroatoms. The monoisotopic (exact) mass is 611 g/mol. The van der Waals surface area contributed by atoms with Crippen molar-refractivity contribution in [3.05, 3.63) is 113 Å². The second-order valence-electron chi connectivity index (χ2n) is 11.0. The van der Waals surface area contributed by atoms with Crippen LogP contribution < -0.4 is 15.6 Å². The number of alkyl halides is 3. The largest absolute Gasteiger partial charge is 0.455 e. The molecule has 0 radical (unpaired) electrons. The van der Waals surface area contributed by atoms with E-state index < -0.39 is 11.7 Å². The van der Waals surface area contributed by atoms with E-state index in [9.17, 15) is 13.2 Å². The maximum absolute atomic E-state index is 13.1. The zero-order chi connectivity index (χ0) is 31.2. The van der Waals surface area contributed by atoms with Crippen molar-refractivity contribution in [1.82, 2.24) is 15.0 Å². The van der Waals surface area contributed by atoms with E-state index in [2.05, 4.69) is 55.0 Å². The number of piperidine rings is 1. The highest BCUT2D eigenvalue weighted by Crippen LogP contribution is 2.32. The van der Waals surface area contributed by atoms with Gasteiger partial charge in [-0.05, 0) is 74.1 Å². The van der Waals surface area contributed by atoms with Crippen molar-refractivity contribution in [3.63, 3.8) is 0 Å². The number of benzene rings is 3. The van der Waals surface area contributed by atoms with Gasteiger partial charge in [-0.3, -0.25) is 0 Å². The predicted molar refractivity (Wildman–Crippen MR) is 170 cm³/mol. The number of nitrogens with zero attached hydrogens (tertiary/aromatic N) is 5. The molecule has 0 bridgehead atoms. The first-order valence-electron chi connectivity index (χ1n) is 14.7. The van der Waals surface area contributed by atoms with Crippen molar-refractivity contribution in [2.45, 2.75) is 32.4 Å². The lowest BCUT2D eigenvalue weighted by Gasteiger charge is -2.32. The Labute approximate surface area is 259 Å². The summed E-state index contributed by atoms with van der Waals surface area (Å²) < 4.78 is 45.2. The molecule has 230 valence electrons. The molecule has 1 aliphatic rings. The van der Waals surface area contributed by atoms with Gasteiger partial charge in [-0.25, -0.2) is 5.43 Å². The number of hydrazone groups is 1. The second-order valence-corrected chi connectivity index (χ2v) is 11.0. The molecule has 2 N–H and O–H groups in total. The Morgan fingerprint density at radius 3 is 2.40 bits per heavy atom. The van der Waals surface area contributed by atoms with E-state index in [-0.39, 0.29) is 5.95 Å². The van der Waals surface area contributed by atoms with E-state index in [1.54, 1.807) is 18.2 Å². The lowest BCUT2D eigenvalue weighted by Crippen LogP contribution is -2.35. The highest BCUT2D eigenvalue weighted by atomic mass is 19.4. The average molecular weight is 612 g/mol. The topological polar surface area (TPSA) is 91.5 Å². The Hall–Kier alpha value is -5.19. The number of rotatable bonds is 9. The standard InChI is InChI=1S/C34H32F3N7O/c1-23-10-12-28(13-11-23)39-31-40-32(42-33(41-31)44-18-16-25(17-19-44)20-24-6-3-2-4-7-24)43-38-22-29-14-15-30(45-29)26-8-5-9-27(21-26)34(35,36)37/h2-15,21-22,25H,16-20H2,1H3,(H2,39,40,41,42,43)/b38-22-. The molecule has 6 rings (SSSR count). The van der Waals surface area contributed by atoms with Crippen LogP contribution in [0, 0.1) is 12.8 Å². The van der Waals surface area contributed by atoms with Crippen LogP contribution in [-0.2, 0) is 12.6 Å². The normalized spacial score (nSPS) is 14.2. The molecule has 3 heterocycles. The lowest BCUT2D eigenvalue weighted by atomic mass is 9.90. The van der Waals surface area contributed by atoms with E-state index in [0.717, 1.165) is 55.7 Å². The minimum absolute atomic E-state index is 0.238. The Morgan fingerprint density at radius 1 is 0.889 bits per heavy atom. The van der Waals surface area contributed by atoms with Crippen LogP contribution in [0.5, 0.6) is 0 Å². The van der Waals surface area contributed by atoms with Crippen LogP contribution in [0.2, 0.25) is 0 Å². The number of hydrogen-bond acceptors (Lipinski definition) is 8. The molecule has 0 unspecified atom stereocenters. The van der Waals surface area contributed by atoms with Gasteiger partial charge in [-0.1, -0.05) is 60.2 Å². The van der Waals surface area contributed by atoms with E-state index in [1.165, 1.54) is 17.8 Å². The molecule has 45 heavy (non-hydrogen) atoms. The van der Waals surface area contributed by atoms with Gasteiger partial charge in [0.05, 0.1) is 11.8 Å². The van der Waals surface area contributed by atoms with Crippen molar-refractivity contribution in [1.29, 1.82) is 0 Å². The number of halogens is 3. The minimum atomic E-state index is -4.44. The quantitative estimate of drug-likeness (QED) is 0.129. The summed E-state index contributed by atoms with van der Waals surface area (Å²) in [5.74, 6) is 2.39. The zero-order valence-corrected chi connectivity index (χ0v) is 24.6. The smallest absolute Gasteiger partial charge is 0.416 e. The second kappa shape index (κ2) is 13.2. The summed E-state index contributed by atoms with van der Waals surface area (Å²) in [5, 5.41) is 7.49. The molecule has 8 nitrogen and oxygen atoms in total. The Morgan fingerprint density at radius 2 is 1.64 bits per heavy atom. The van der Waals surface area contributed by atoms with Crippen molar-refractivity contribution < 1.29 is 17.6 Å². The third-order valence-electron chi connectivity index (χ3n) is 7.65. The van der Waals surface area contributed by atoms with Gasteiger partial charge in [0.25, 0.3) is 0 Å². The van der Waals surface area contributed by atoms with Gasteiger partial charge in [-0.15, -0.1) is 0 Å². The highest BCUT2D eigenvalue weighted by Gasteiger charge is 2.30.